The van der Waals surface area contributed by atoms with E-state index in [1.807, 2.05) is 24.3 Å². The number of nitrogens with zero attached hydrogens (tertiary/aromatic N) is 2. The topological polar surface area (TPSA) is 91.5 Å². The van der Waals surface area contributed by atoms with Gasteiger partial charge in [0.15, 0.2) is 11.7 Å². The van der Waals surface area contributed by atoms with Gasteiger partial charge in [-0.3, -0.25) is 9.79 Å². The molecule has 0 spiro atoms. The number of aromatic nitrogens is 1. The molecule has 3 N–H and O–H groups in total. The van der Waals surface area contributed by atoms with Gasteiger partial charge in [-0.15, -0.1) is 0 Å². The fraction of sp³-hybridized carbons (Fsp3) is 0.421. The lowest BCUT2D eigenvalue weighted by molar-refractivity contribution is 0.0963. The Morgan fingerprint density at radius 3 is 2.73 bits per heavy atom. The molecule has 1 amide bonds. The van der Waals surface area contributed by atoms with Gasteiger partial charge in [-0.25, -0.2) is 0 Å². The summed E-state index contributed by atoms with van der Waals surface area (Å²) in [5, 5.41) is 13.1. The van der Waals surface area contributed by atoms with Crippen LogP contribution in [0, 0.1) is 0 Å². The summed E-state index contributed by atoms with van der Waals surface area (Å²) >= 11 is 0. The van der Waals surface area contributed by atoms with Crippen LogP contribution in [0.5, 0.6) is 0 Å². The smallest absolute Gasteiger partial charge is 0.251 e. The lowest BCUT2D eigenvalue weighted by Crippen LogP contribution is -2.37. The first-order valence-corrected chi connectivity index (χ1v) is 8.74. The van der Waals surface area contributed by atoms with Gasteiger partial charge in [-0.1, -0.05) is 31.1 Å². The Morgan fingerprint density at radius 2 is 2.08 bits per heavy atom. The Hall–Kier alpha value is -2.83. The number of aliphatic imine (C=N–C) groups is 1. The zero-order valence-corrected chi connectivity index (χ0v) is 15.8. The Kier molecular flexibility index (Phi) is 7.20. The molecule has 0 aliphatic heterocycles. The minimum Gasteiger partial charge on any atom is -0.359 e. The molecule has 1 aromatic heterocycles. The summed E-state index contributed by atoms with van der Waals surface area (Å²) in [5.41, 5.74) is 2.70. The van der Waals surface area contributed by atoms with Gasteiger partial charge in [0.25, 0.3) is 5.91 Å². The molecule has 26 heavy (non-hydrogen) atoms. The largest absolute Gasteiger partial charge is 0.359 e. The van der Waals surface area contributed by atoms with E-state index in [1.165, 1.54) is 0 Å². The fourth-order valence-corrected chi connectivity index (χ4v) is 2.41. The molecule has 0 saturated heterocycles. The van der Waals surface area contributed by atoms with Gasteiger partial charge < -0.3 is 20.5 Å². The zero-order valence-electron chi connectivity index (χ0n) is 15.8. The molecule has 1 aromatic carbocycles. The van der Waals surface area contributed by atoms with Gasteiger partial charge in [0.1, 0.15) is 0 Å². The van der Waals surface area contributed by atoms with Crippen LogP contribution < -0.4 is 16.0 Å². The molecular weight excluding hydrogens is 330 g/mol. The number of carbonyl (C=O) groups excluding carboxylic acids is 1. The molecule has 7 nitrogen and oxygen atoms in total. The number of hydrogen-bond acceptors (Lipinski definition) is 4. The zero-order chi connectivity index (χ0) is 18.9. The van der Waals surface area contributed by atoms with Crippen molar-refractivity contribution in [1.29, 1.82) is 0 Å². The number of benzene rings is 1. The van der Waals surface area contributed by atoms with Crippen molar-refractivity contribution in [2.24, 2.45) is 4.99 Å². The second kappa shape index (κ2) is 9.60. The van der Waals surface area contributed by atoms with Crippen molar-refractivity contribution in [3.8, 4) is 0 Å². The van der Waals surface area contributed by atoms with E-state index in [9.17, 15) is 4.79 Å². The molecule has 0 radical (unpaired) electrons. The van der Waals surface area contributed by atoms with Gasteiger partial charge >= 0.3 is 0 Å². The van der Waals surface area contributed by atoms with Crippen LogP contribution >= 0.6 is 0 Å². The molecule has 2 rings (SSSR count). The van der Waals surface area contributed by atoms with E-state index in [4.69, 9.17) is 4.52 Å². The highest BCUT2D eigenvalue weighted by Crippen LogP contribution is 2.13. The second-order valence-corrected chi connectivity index (χ2v) is 6.25. The van der Waals surface area contributed by atoms with Crippen LogP contribution in [0.3, 0.4) is 0 Å². The highest BCUT2D eigenvalue weighted by Gasteiger charge is 2.08. The van der Waals surface area contributed by atoms with E-state index >= 15 is 0 Å². The molecule has 0 fully saturated rings. The summed E-state index contributed by atoms with van der Waals surface area (Å²) < 4.78 is 5.31. The van der Waals surface area contributed by atoms with Crippen molar-refractivity contribution in [2.75, 3.05) is 20.6 Å². The van der Waals surface area contributed by atoms with Gasteiger partial charge in [0, 0.05) is 32.3 Å². The molecule has 0 atom stereocenters. The van der Waals surface area contributed by atoms with Crippen LogP contribution in [-0.4, -0.2) is 37.7 Å². The molecule has 140 valence electrons. The van der Waals surface area contributed by atoms with Crippen LogP contribution in [0.25, 0.3) is 0 Å². The quantitative estimate of drug-likeness (QED) is 0.521. The van der Waals surface area contributed by atoms with Crippen molar-refractivity contribution in [1.82, 2.24) is 21.1 Å². The van der Waals surface area contributed by atoms with Gasteiger partial charge in [0.2, 0.25) is 0 Å². The van der Waals surface area contributed by atoms with E-state index < -0.39 is 0 Å². The summed E-state index contributed by atoms with van der Waals surface area (Å²) in [7, 11) is 3.35. The second-order valence-electron chi connectivity index (χ2n) is 6.25. The minimum absolute atomic E-state index is 0.0786. The maximum Gasteiger partial charge on any atom is 0.251 e. The van der Waals surface area contributed by atoms with Gasteiger partial charge in [0.05, 0.1) is 12.2 Å². The van der Waals surface area contributed by atoms with Crippen molar-refractivity contribution in [3.05, 3.63) is 52.9 Å². The third-order valence-electron chi connectivity index (χ3n) is 3.94. The summed E-state index contributed by atoms with van der Waals surface area (Å²) in [5.74, 6) is 1.73. The summed E-state index contributed by atoms with van der Waals surface area (Å²) in [6.45, 7) is 5.37. The van der Waals surface area contributed by atoms with Crippen LogP contribution in [-0.2, 0) is 13.0 Å². The average molecular weight is 357 g/mol. The molecule has 2 aromatic rings. The molecule has 7 heteroatoms. The van der Waals surface area contributed by atoms with Crippen LogP contribution in [0.1, 0.15) is 47.1 Å². The summed E-state index contributed by atoms with van der Waals surface area (Å²) in [6, 6.07) is 9.56. The maximum absolute atomic E-state index is 11.7. The lowest BCUT2D eigenvalue weighted by Gasteiger charge is -2.11. The molecule has 0 bridgehead atoms. The highest BCUT2D eigenvalue weighted by atomic mass is 16.5. The fourth-order valence-electron chi connectivity index (χ4n) is 2.41. The van der Waals surface area contributed by atoms with Gasteiger partial charge in [-0.05, 0) is 30.0 Å². The molecule has 0 aliphatic rings. The highest BCUT2D eigenvalue weighted by molar-refractivity contribution is 5.94. The summed E-state index contributed by atoms with van der Waals surface area (Å²) in [4.78, 5) is 15.9. The van der Waals surface area contributed by atoms with Crippen LogP contribution in [0.2, 0.25) is 0 Å². The Bertz CT molecular complexity index is 752. The summed E-state index contributed by atoms with van der Waals surface area (Å²) in [6.07, 6.45) is 0.783. The first-order valence-electron chi connectivity index (χ1n) is 8.74. The Morgan fingerprint density at radius 1 is 1.27 bits per heavy atom. The standard InChI is InChI=1S/C19H27N5O2/c1-13(2)17-11-16(26-24-17)12-23-19(21-4)22-9-8-14-6-5-7-15(10-14)18(25)20-3/h5-7,10-11,13H,8-9,12H2,1-4H3,(H,20,25)(H2,21,22,23). The lowest BCUT2D eigenvalue weighted by atomic mass is 10.1. The van der Waals surface area contributed by atoms with Gasteiger partial charge in [-0.2, -0.15) is 0 Å². The SMILES string of the molecule is CN=C(NCCc1cccc(C(=O)NC)c1)NCc1cc(C(C)C)no1. The van der Waals surface area contributed by atoms with E-state index in [2.05, 4.69) is 39.9 Å². The molecule has 0 unspecified atom stereocenters. The average Bonchev–Trinajstić information content (AvgIpc) is 3.13. The van der Waals surface area contributed by atoms with Crippen molar-refractivity contribution >= 4 is 11.9 Å². The predicted octanol–water partition coefficient (Wildman–Crippen LogP) is 2.07. The first kappa shape index (κ1) is 19.5. The molecule has 0 saturated carbocycles. The van der Waals surface area contributed by atoms with Crippen LogP contribution in [0.15, 0.2) is 39.8 Å². The Balaban J connectivity index is 1.80. The number of rotatable bonds is 7. The van der Waals surface area contributed by atoms with Crippen molar-refractivity contribution in [2.45, 2.75) is 32.7 Å². The third kappa shape index (κ3) is 5.61. The Labute approximate surface area is 154 Å². The number of nitrogens with one attached hydrogen (secondary N) is 3. The predicted molar refractivity (Wildman–Crippen MR) is 102 cm³/mol. The maximum atomic E-state index is 11.7. The normalized spacial score (nSPS) is 11.5. The van der Waals surface area contributed by atoms with Crippen molar-refractivity contribution < 1.29 is 9.32 Å². The number of carbonyl (C=O) groups is 1. The van der Waals surface area contributed by atoms with E-state index in [1.54, 1.807) is 20.2 Å². The third-order valence-corrected chi connectivity index (χ3v) is 3.94. The van der Waals surface area contributed by atoms with E-state index in [0.717, 1.165) is 23.4 Å². The minimum atomic E-state index is -0.0786. The molecule has 1 heterocycles. The molecule has 0 aliphatic carbocycles. The van der Waals surface area contributed by atoms with E-state index in [-0.39, 0.29) is 5.91 Å². The number of amides is 1. The number of hydrogen-bond donors (Lipinski definition) is 3. The van der Waals surface area contributed by atoms with Crippen LogP contribution in [0.4, 0.5) is 0 Å². The monoisotopic (exact) mass is 357 g/mol. The molecular formula is C19H27N5O2. The number of guanidine groups is 1. The first-order chi connectivity index (χ1) is 12.5. The van der Waals surface area contributed by atoms with E-state index in [0.29, 0.717) is 30.5 Å². The van der Waals surface area contributed by atoms with Crippen molar-refractivity contribution in [3.63, 3.8) is 0 Å².